The second-order valence-corrected chi connectivity index (χ2v) is 6.09. The molecule has 138 valence electrons. The predicted molar refractivity (Wildman–Crippen MR) is 84.2 cm³/mol. The van der Waals surface area contributed by atoms with Crippen molar-refractivity contribution in [1.29, 1.82) is 0 Å². The molecule has 4 rings (SSSR count). The molecule has 2 amide bonds. The maximum absolute atomic E-state index is 13.7. The van der Waals surface area contributed by atoms with E-state index in [-0.39, 0.29) is 12.3 Å². The number of nitrogens with one attached hydrogen (secondary N) is 2. The third-order valence-corrected chi connectivity index (χ3v) is 4.44. The Labute approximate surface area is 146 Å². The number of benzene rings is 1. The molecule has 2 aliphatic heterocycles. The molecule has 0 aliphatic carbocycles. The van der Waals surface area contributed by atoms with E-state index >= 15 is 0 Å². The van der Waals surface area contributed by atoms with Gasteiger partial charge in [0.2, 0.25) is 0 Å². The van der Waals surface area contributed by atoms with Gasteiger partial charge in [-0.2, -0.15) is 5.10 Å². The van der Waals surface area contributed by atoms with E-state index in [0.717, 1.165) is 12.1 Å². The smallest absolute Gasteiger partial charge is 0.319 e. The van der Waals surface area contributed by atoms with Crippen LogP contribution in [-0.2, 0) is 9.47 Å². The molecule has 3 N–H and O–H groups in total. The number of rotatable bonds is 3. The number of aliphatic hydroxyl groups excluding tert-OH is 1. The van der Waals surface area contributed by atoms with E-state index in [0.29, 0.717) is 6.07 Å². The van der Waals surface area contributed by atoms with Gasteiger partial charge in [0.15, 0.2) is 6.29 Å². The van der Waals surface area contributed by atoms with Crippen molar-refractivity contribution < 1.29 is 28.2 Å². The van der Waals surface area contributed by atoms with Gasteiger partial charge in [0, 0.05) is 18.5 Å². The highest BCUT2D eigenvalue weighted by molar-refractivity contribution is 5.89. The molecule has 1 aromatic carbocycles. The molecule has 0 radical (unpaired) electrons. The number of anilines is 1. The number of carbonyl (C=O) groups is 1. The molecular formula is C16H16F2N4O4. The van der Waals surface area contributed by atoms with Crippen molar-refractivity contribution in [2.45, 2.75) is 30.6 Å². The minimum atomic E-state index is -1.04. The first kappa shape index (κ1) is 16.9. The van der Waals surface area contributed by atoms with Crippen molar-refractivity contribution in [2.75, 3.05) is 11.9 Å². The summed E-state index contributed by atoms with van der Waals surface area (Å²) in [5.41, 5.74) is -0.181. The van der Waals surface area contributed by atoms with Crippen LogP contribution < -0.4 is 10.6 Å². The van der Waals surface area contributed by atoms with E-state index in [1.54, 1.807) is 18.5 Å². The van der Waals surface area contributed by atoms with Gasteiger partial charge in [-0.3, -0.25) is 4.68 Å². The Hall–Kier alpha value is -2.56. The Morgan fingerprint density at radius 3 is 2.96 bits per heavy atom. The third-order valence-electron chi connectivity index (χ3n) is 4.44. The van der Waals surface area contributed by atoms with Crippen LogP contribution in [0.4, 0.5) is 19.3 Å². The van der Waals surface area contributed by atoms with Gasteiger partial charge in [0.05, 0.1) is 18.3 Å². The van der Waals surface area contributed by atoms with Gasteiger partial charge in [0.1, 0.15) is 29.9 Å². The zero-order valence-electron chi connectivity index (χ0n) is 13.4. The second-order valence-electron chi connectivity index (χ2n) is 6.09. The fraction of sp³-hybridized carbons (Fsp3) is 0.375. The molecule has 2 bridgehead atoms. The van der Waals surface area contributed by atoms with Gasteiger partial charge in [-0.25, -0.2) is 13.6 Å². The summed E-state index contributed by atoms with van der Waals surface area (Å²) in [6.07, 6.45) is 0.950. The van der Waals surface area contributed by atoms with Gasteiger partial charge in [0.25, 0.3) is 0 Å². The Bertz CT molecular complexity index is 804. The molecule has 5 unspecified atom stereocenters. The zero-order chi connectivity index (χ0) is 18.3. The van der Waals surface area contributed by atoms with E-state index < -0.39 is 48.2 Å². The zero-order valence-corrected chi connectivity index (χ0v) is 13.4. The van der Waals surface area contributed by atoms with E-state index in [4.69, 9.17) is 9.47 Å². The number of halogens is 2. The minimum absolute atomic E-state index is 0.181. The summed E-state index contributed by atoms with van der Waals surface area (Å²) in [6, 6.07) is 2.30. The fourth-order valence-corrected chi connectivity index (χ4v) is 3.22. The van der Waals surface area contributed by atoms with Gasteiger partial charge in [-0.15, -0.1) is 0 Å². The van der Waals surface area contributed by atoms with Crippen LogP contribution >= 0.6 is 0 Å². The highest BCUT2D eigenvalue weighted by Crippen LogP contribution is 2.35. The highest BCUT2D eigenvalue weighted by atomic mass is 19.1. The summed E-state index contributed by atoms with van der Waals surface area (Å²) in [7, 11) is 0. The number of carbonyl (C=O) groups excluding carboxylic acids is 1. The second kappa shape index (κ2) is 6.63. The van der Waals surface area contributed by atoms with Crippen LogP contribution in [0, 0.1) is 11.6 Å². The van der Waals surface area contributed by atoms with Crippen LogP contribution in [0.25, 0.3) is 0 Å². The van der Waals surface area contributed by atoms with Crippen LogP contribution in [0.1, 0.15) is 6.04 Å². The third kappa shape index (κ3) is 3.02. The van der Waals surface area contributed by atoms with Crippen molar-refractivity contribution in [1.82, 2.24) is 15.1 Å². The van der Waals surface area contributed by atoms with Crippen LogP contribution in [-0.4, -0.2) is 52.1 Å². The Morgan fingerprint density at radius 2 is 2.23 bits per heavy atom. The maximum atomic E-state index is 13.7. The number of fused-ring (bicyclic) bond motifs is 2. The molecule has 26 heavy (non-hydrogen) atoms. The quantitative estimate of drug-likeness (QED) is 0.753. The molecule has 2 aliphatic rings. The summed E-state index contributed by atoms with van der Waals surface area (Å²) in [5.74, 6) is -1.65. The molecule has 2 aromatic rings. The SMILES string of the molecule is O=C(Nc1ccc(F)cc1F)NC1C2COC(O2)C(n2cccn2)C1O. The number of nitrogens with zero attached hydrogens (tertiary/aromatic N) is 2. The lowest BCUT2D eigenvalue weighted by Gasteiger charge is -2.38. The first-order valence-corrected chi connectivity index (χ1v) is 8.00. The topological polar surface area (TPSA) is 97.6 Å². The Kier molecular flexibility index (Phi) is 4.31. The van der Waals surface area contributed by atoms with Gasteiger partial charge < -0.3 is 25.2 Å². The van der Waals surface area contributed by atoms with Gasteiger partial charge >= 0.3 is 6.03 Å². The van der Waals surface area contributed by atoms with Crippen LogP contribution in [0.3, 0.4) is 0 Å². The lowest BCUT2D eigenvalue weighted by molar-refractivity contribution is -0.166. The van der Waals surface area contributed by atoms with Crippen molar-refractivity contribution in [3.63, 3.8) is 0 Å². The average Bonchev–Trinajstić information content (AvgIpc) is 3.26. The van der Waals surface area contributed by atoms with Crippen molar-refractivity contribution in [3.8, 4) is 0 Å². The molecule has 1 aromatic heterocycles. The standard InChI is InChI=1S/C16H16F2N4O4/c17-8-2-3-10(9(18)6-8)20-16(24)21-12-11-7-25-15(26-11)13(14(12)23)22-5-1-4-19-22/h1-6,11-15,23H,7H2,(H2,20,21,24). The van der Waals surface area contributed by atoms with E-state index in [1.807, 2.05) is 0 Å². The fourth-order valence-electron chi connectivity index (χ4n) is 3.22. The molecule has 2 saturated heterocycles. The summed E-state index contributed by atoms with van der Waals surface area (Å²) in [6.45, 7) is 0.190. The summed E-state index contributed by atoms with van der Waals surface area (Å²) in [4.78, 5) is 12.2. The molecule has 0 spiro atoms. The molecule has 10 heteroatoms. The minimum Gasteiger partial charge on any atom is -0.388 e. The van der Waals surface area contributed by atoms with E-state index in [9.17, 15) is 18.7 Å². The molecule has 0 saturated carbocycles. The number of hydrogen-bond acceptors (Lipinski definition) is 5. The molecule has 5 atom stereocenters. The van der Waals surface area contributed by atoms with Crippen LogP contribution in [0.2, 0.25) is 0 Å². The lowest BCUT2D eigenvalue weighted by atomic mass is 9.96. The van der Waals surface area contributed by atoms with Gasteiger partial charge in [-0.1, -0.05) is 0 Å². The predicted octanol–water partition coefficient (Wildman–Crippen LogP) is 1.01. The highest BCUT2D eigenvalue weighted by Gasteiger charge is 2.51. The summed E-state index contributed by atoms with van der Waals surface area (Å²) < 4.78 is 39.4. The monoisotopic (exact) mass is 366 g/mol. The van der Waals surface area contributed by atoms with E-state index in [2.05, 4.69) is 15.7 Å². The Morgan fingerprint density at radius 1 is 1.38 bits per heavy atom. The van der Waals surface area contributed by atoms with Crippen molar-refractivity contribution in [3.05, 3.63) is 48.3 Å². The molecule has 2 fully saturated rings. The Balaban J connectivity index is 1.49. The summed E-state index contributed by atoms with van der Waals surface area (Å²) >= 11 is 0. The average molecular weight is 366 g/mol. The normalized spacial score (nSPS) is 30.2. The van der Waals surface area contributed by atoms with Crippen LogP contribution in [0.5, 0.6) is 0 Å². The molecule has 3 heterocycles. The number of urea groups is 1. The number of ether oxygens (including phenoxy) is 2. The number of aliphatic hydroxyl groups is 1. The van der Waals surface area contributed by atoms with E-state index in [1.165, 1.54) is 4.68 Å². The number of amides is 2. The molecule has 8 nitrogen and oxygen atoms in total. The van der Waals surface area contributed by atoms with Crippen LogP contribution in [0.15, 0.2) is 36.7 Å². The van der Waals surface area contributed by atoms with Crippen molar-refractivity contribution >= 4 is 11.7 Å². The largest absolute Gasteiger partial charge is 0.388 e. The van der Waals surface area contributed by atoms with Gasteiger partial charge in [-0.05, 0) is 18.2 Å². The maximum Gasteiger partial charge on any atom is 0.319 e. The number of aromatic nitrogens is 2. The summed E-state index contributed by atoms with van der Waals surface area (Å²) in [5, 5.41) is 19.7. The first-order chi connectivity index (χ1) is 12.5. The number of hydrogen-bond donors (Lipinski definition) is 3. The van der Waals surface area contributed by atoms with Crippen molar-refractivity contribution in [2.24, 2.45) is 0 Å². The lowest BCUT2D eigenvalue weighted by Crippen LogP contribution is -2.59. The first-order valence-electron chi connectivity index (χ1n) is 8.00. The molecular weight excluding hydrogens is 350 g/mol.